The largest absolute Gasteiger partial charge is 0.480 e. The van der Waals surface area contributed by atoms with Crippen LogP contribution in [0.3, 0.4) is 0 Å². The second-order valence-corrected chi connectivity index (χ2v) is 4.96. The van der Waals surface area contributed by atoms with Gasteiger partial charge in [-0.3, -0.25) is 14.9 Å². The topological polar surface area (TPSA) is 113 Å². The van der Waals surface area contributed by atoms with Gasteiger partial charge < -0.3 is 15.3 Å². The van der Waals surface area contributed by atoms with Crippen LogP contribution in [0.5, 0.6) is 0 Å². The Morgan fingerprint density at radius 3 is 2.38 bits per heavy atom. The first kappa shape index (κ1) is 16.4. The van der Waals surface area contributed by atoms with E-state index in [0.29, 0.717) is 0 Å². The molecular formula is C13H17N3O5. The molecule has 1 aromatic rings. The van der Waals surface area contributed by atoms with Crippen molar-refractivity contribution < 1.29 is 19.6 Å². The van der Waals surface area contributed by atoms with Crippen molar-refractivity contribution in [1.29, 1.82) is 0 Å². The van der Waals surface area contributed by atoms with Gasteiger partial charge in [0.2, 0.25) is 0 Å². The Labute approximate surface area is 121 Å². The first-order valence-electron chi connectivity index (χ1n) is 6.10. The van der Waals surface area contributed by atoms with Crippen LogP contribution in [0.4, 0.5) is 11.4 Å². The standard InChI is InChI=1S/C13H17N3O5/c1-13(2,12(18)19)15(4)10-7-8(11(17)14-3)5-6-9(10)16(20)21/h5-7H,1-4H3,(H,14,17)(H,18,19). The van der Waals surface area contributed by atoms with E-state index in [2.05, 4.69) is 5.32 Å². The molecule has 1 rings (SSSR count). The van der Waals surface area contributed by atoms with Crippen LogP contribution < -0.4 is 10.2 Å². The van der Waals surface area contributed by atoms with E-state index >= 15 is 0 Å². The monoisotopic (exact) mass is 295 g/mol. The fourth-order valence-corrected chi connectivity index (χ4v) is 1.68. The normalized spacial score (nSPS) is 10.9. The van der Waals surface area contributed by atoms with E-state index in [9.17, 15) is 24.8 Å². The quantitative estimate of drug-likeness (QED) is 0.624. The van der Waals surface area contributed by atoms with E-state index in [-0.39, 0.29) is 16.9 Å². The zero-order valence-electron chi connectivity index (χ0n) is 12.2. The summed E-state index contributed by atoms with van der Waals surface area (Å²) in [5.41, 5.74) is -1.36. The lowest BCUT2D eigenvalue weighted by atomic mass is 10.0. The van der Waals surface area contributed by atoms with Gasteiger partial charge in [0.15, 0.2) is 0 Å². The Bertz CT molecular complexity index is 597. The lowest BCUT2D eigenvalue weighted by Gasteiger charge is -2.33. The molecule has 0 saturated heterocycles. The summed E-state index contributed by atoms with van der Waals surface area (Å²) < 4.78 is 0. The van der Waals surface area contributed by atoms with Crippen LogP contribution in [-0.2, 0) is 4.79 Å². The fourth-order valence-electron chi connectivity index (χ4n) is 1.68. The zero-order chi connectivity index (χ0) is 16.4. The van der Waals surface area contributed by atoms with Crippen molar-refractivity contribution in [1.82, 2.24) is 5.32 Å². The highest BCUT2D eigenvalue weighted by Gasteiger charge is 2.35. The predicted octanol–water partition coefficient (Wildman–Crippen LogP) is 1.25. The summed E-state index contributed by atoms with van der Waals surface area (Å²) >= 11 is 0. The summed E-state index contributed by atoms with van der Waals surface area (Å²) in [6.07, 6.45) is 0. The summed E-state index contributed by atoms with van der Waals surface area (Å²) in [6.45, 7) is 2.84. The van der Waals surface area contributed by atoms with Gasteiger partial charge in [-0.25, -0.2) is 4.79 Å². The summed E-state index contributed by atoms with van der Waals surface area (Å²) in [5, 5.41) is 22.8. The SMILES string of the molecule is CNC(=O)c1ccc([N+](=O)[O-])c(N(C)C(C)(C)C(=O)O)c1. The molecule has 114 valence electrons. The lowest BCUT2D eigenvalue weighted by molar-refractivity contribution is -0.384. The number of nitro benzene ring substituents is 1. The van der Waals surface area contributed by atoms with E-state index in [1.54, 1.807) is 0 Å². The summed E-state index contributed by atoms with van der Waals surface area (Å²) in [6, 6.07) is 3.82. The molecule has 0 aliphatic heterocycles. The number of nitrogens with one attached hydrogen (secondary N) is 1. The number of carboxylic acid groups (broad SMARTS) is 1. The number of anilines is 1. The van der Waals surface area contributed by atoms with Crippen LogP contribution in [0.1, 0.15) is 24.2 Å². The van der Waals surface area contributed by atoms with Crippen LogP contribution >= 0.6 is 0 Å². The molecule has 0 saturated carbocycles. The molecule has 0 aliphatic rings. The van der Waals surface area contributed by atoms with E-state index in [4.69, 9.17) is 0 Å². The van der Waals surface area contributed by atoms with E-state index in [1.165, 1.54) is 51.0 Å². The number of hydrogen-bond acceptors (Lipinski definition) is 5. The van der Waals surface area contributed by atoms with E-state index in [1.807, 2.05) is 0 Å². The van der Waals surface area contributed by atoms with Gasteiger partial charge in [-0.2, -0.15) is 0 Å². The number of nitro groups is 1. The van der Waals surface area contributed by atoms with Gasteiger partial charge in [-0.1, -0.05) is 0 Å². The Hall–Kier alpha value is -2.64. The molecule has 0 atom stereocenters. The average Bonchev–Trinajstić information content (AvgIpc) is 2.44. The minimum absolute atomic E-state index is 0.0634. The van der Waals surface area contributed by atoms with Gasteiger partial charge in [0, 0.05) is 25.7 Å². The van der Waals surface area contributed by atoms with E-state index < -0.39 is 22.3 Å². The highest BCUT2D eigenvalue weighted by molar-refractivity contribution is 5.96. The molecule has 0 radical (unpaired) electrons. The molecule has 0 unspecified atom stereocenters. The van der Waals surface area contributed by atoms with Crippen molar-refractivity contribution in [2.45, 2.75) is 19.4 Å². The highest BCUT2D eigenvalue weighted by atomic mass is 16.6. The van der Waals surface area contributed by atoms with E-state index in [0.717, 1.165) is 0 Å². The maximum absolute atomic E-state index is 11.6. The van der Waals surface area contributed by atoms with Crippen molar-refractivity contribution in [3.63, 3.8) is 0 Å². The second-order valence-electron chi connectivity index (χ2n) is 4.96. The molecule has 0 fully saturated rings. The third kappa shape index (κ3) is 3.10. The maximum Gasteiger partial charge on any atom is 0.328 e. The zero-order valence-corrected chi connectivity index (χ0v) is 12.2. The first-order valence-corrected chi connectivity index (χ1v) is 6.10. The average molecular weight is 295 g/mol. The first-order chi connectivity index (χ1) is 9.62. The molecule has 2 N–H and O–H groups in total. The molecule has 0 aliphatic carbocycles. The summed E-state index contributed by atoms with van der Waals surface area (Å²) in [5.74, 6) is -1.54. The smallest absolute Gasteiger partial charge is 0.328 e. The van der Waals surface area contributed by atoms with Crippen LogP contribution in [0, 0.1) is 10.1 Å². The number of nitrogens with zero attached hydrogens (tertiary/aromatic N) is 2. The van der Waals surface area contributed by atoms with Crippen LogP contribution in [0.25, 0.3) is 0 Å². The van der Waals surface area contributed by atoms with Crippen molar-refractivity contribution in [2.24, 2.45) is 0 Å². The molecule has 8 nitrogen and oxygen atoms in total. The van der Waals surface area contributed by atoms with Gasteiger partial charge in [0.25, 0.3) is 11.6 Å². The number of amides is 1. The van der Waals surface area contributed by atoms with Gasteiger partial charge in [0.1, 0.15) is 11.2 Å². The van der Waals surface area contributed by atoms with Gasteiger partial charge >= 0.3 is 5.97 Å². The fraction of sp³-hybridized carbons (Fsp3) is 0.385. The summed E-state index contributed by atoms with van der Waals surface area (Å²) in [4.78, 5) is 34.7. The second kappa shape index (κ2) is 5.78. The Kier molecular flexibility index (Phi) is 4.52. The van der Waals surface area contributed by atoms with Crippen LogP contribution in [-0.4, -0.2) is 41.5 Å². The predicted molar refractivity (Wildman–Crippen MR) is 76.6 cm³/mol. The van der Waals surface area contributed by atoms with Crippen molar-refractivity contribution in [2.75, 3.05) is 19.0 Å². The minimum Gasteiger partial charge on any atom is -0.480 e. The molecule has 8 heteroatoms. The number of carboxylic acids is 1. The third-order valence-corrected chi connectivity index (χ3v) is 3.38. The van der Waals surface area contributed by atoms with Crippen molar-refractivity contribution in [3.8, 4) is 0 Å². The number of carbonyl (C=O) groups excluding carboxylic acids is 1. The van der Waals surface area contributed by atoms with Gasteiger partial charge in [0.05, 0.1) is 4.92 Å². The number of hydrogen-bond donors (Lipinski definition) is 2. The lowest BCUT2D eigenvalue weighted by Crippen LogP contribution is -2.48. The number of carbonyl (C=O) groups is 2. The Balaban J connectivity index is 3.46. The molecule has 0 heterocycles. The third-order valence-electron chi connectivity index (χ3n) is 3.38. The van der Waals surface area contributed by atoms with Crippen molar-refractivity contribution >= 4 is 23.3 Å². The number of likely N-dealkylation sites (N-methyl/N-ethyl adjacent to an activating group) is 1. The molecule has 0 bridgehead atoms. The Morgan fingerprint density at radius 1 is 1.38 bits per heavy atom. The molecule has 0 spiro atoms. The Morgan fingerprint density at radius 2 is 1.95 bits per heavy atom. The number of rotatable bonds is 5. The summed E-state index contributed by atoms with van der Waals surface area (Å²) in [7, 11) is 2.87. The van der Waals surface area contributed by atoms with Crippen LogP contribution in [0.15, 0.2) is 18.2 Å². The minimum atomic E-state index is -1.37. The molecule has 0 aromatic heterocycles. The van der Waals surface area contributed by atoms with Gasteiger partial charge in [-0.05, 0) is 26.0 Å². The van der Waals surface area contributed by atoms with Gasteiger partial charge in [-0.15, -0.1) is 0 Å². The molecule has 21 heavy (non-hydrogen) atoms. The van der Waals surface area contributed by atoms with Crippen molar-refractivity contribution in [3.05, 3.63) is 33.9 Å². The highest BCUT2D eigenvalue weighted by Crippen LogP contribution is 2.32. The molecule has 1 aromatic carbocycles. The molecular weight excluding hydrogens is 278 g/mol. The maximum atomic E-state index is 11.6. The number of aliphatic carboxylic acids is 1. The van der Waals surface area contributed by atoms with Crippen LogP contribution in [0.2, 0.25) is 0 Å². The number of benzene rings is 1. The molecule has 1 amide bonds.